The molecule has 0 unspecified atom stereocenters. The lowest BCUT2D eigenvalue weighted by molar-refractivity contribution is -0.160. The summed E-state index contributed by atoms with van der Waals surface area (Å²) < 4.78 is 0. The molecule has 0 spiro atoms. The molecule has 2 amide bonds. The van der Waals surface area contributed by atoms with Gasteiger partial charge in [-0.3, -0.25) is 9.59 Å². The van der Waals surface area contributed by atoms with E-state index in [2.05, 4.69) is 18.3 Å². The Balaban J connectivity index is 2.30. The summed E-state index contributed by atoms with van der Waals surface area (Å²) in [4.78, 5) is 29.0. The van der Waals surface area contributed by atoms with E-state index in [1.54, 1.807) is 43.9 Å². The van der Waals surface area contributed by atoms with E-state index in [9.17, 15) is 9.59 Å². The number of rotatable bonds is 3. The molecule has 4 nitrogen and oxygen atoms in total. The molecule has 0 saturated carbocycles. The lowest BCUT2D eigenvalue weighted by Crippen LogP contribution is -2.71. The first-order valence-electron chi connectivity index (χ1n) is 6.90. The molecule has 1 aliphatic heterocycles. The van der Waals surface area contributed by atoms with Crippen molar-refractivity contribution in [2.45, 2.75) is 58.7 Å². The van der Waals surface area contributed by atoms with Crippen molar-refractivity contribution < 1.29 is 9.59 Å². The summed E-state index contributed by atoms with van der Waals surface area (Å²) >= 11 is 1.71. The largest absolute Gasteiger partial charge is 0.340 e. The van der Waals surface area contributed by atoms with Gasteiger partial charge in [0.2, 0.25) is 11.8 Å². The fourth-order valence-corrected chi connectivity index (χ4v) is 3.27. The van der Waals surface area contributed by atoms with Gasteiger partial charge in [-0.05, 0) is 46.2 Å². The number of amides is 2. The molecule has 0 atom stereocenters. The predicted octanol–water partition coefficient (Wildman–Crippen LogP) is 2.33. The van der Waals surface area contributed by atoms with Crippen LogP contribution < -0.4 is 5.32 Å². The van der Waals surface area contributed by atoms with Gasteiger partial charge in [0.25, 0.3) is 0 Å². The highest BCUT2D eigenvalue weighted by Gasteiger charge is 2.49. The summed E-state index contributed by atoms with van der Waals surface area (Å²) in [5.41, 5.74) is -1.65. The summed E-state index contributed by atoms with van der Waals surface area (Å²) in [6.45, 7) is 9.70. The molecule has 1 saturated heterocycles. The van der Waals surface area contributed by atoms with E-state index in [-0.39, 0.29) is 11.8 Å². The predicted molar refractivity (Wildman–Crippen MR) is 80.5 cm³/mol. The van der Waals surface area contributed by atoms with Crippen molar-refractivity contribution in [3.8, 4) is 0 Å². The Kier molecular flexibility index (Phi) is 3.67. The molecule has 0 radical (unpaired) electrons. The highest BCUT2D eigenvalue weighted by Crippen LogP contribution is 2.29. The maximum Gasteiger partial charge on any atom is 0.248 e. The summed E-state index contributed by atoms with van der Waals surface area (Å²) in [6.07, 6.45) is 0.994. The Labute approximate surface area is 124 Å². The van der Waals surface area contributed by atoms with Crippen molar-refractivity contribution in [3.63, 3.8) is 0 Å². The zero-order valence-corrected chi connectivity index (χ0v) is 13.6. The third kappa shape index (κ3) is 2.46. The first-order chi connectivity index (χ1) is 9.18. The summed E-state index contributed by atoms with van der Waals surface area (Å²) in [7, 11) is 0. The van der Waals surface area contributed by atoms with Crippen LogP contribution >= 0.6 is 11.3 Å². The van der Waals surface area contributed by atoms with Crippen LogP contribution in [-0.4, -0.2) is 27.8 Å². The molecule has 1 N–H and O–H groups in total. The van der Waals surface area contributed by atoms with E-state index in [1.807, 2.05) is 6.07 Å². The quantitative estimate of drug-likeness (QED) is 0.930. The number of hydrogen-bond acceptors (Lipinski definition) is 3. The Morgan fingerprint density at radius 3 is 2.30 bits per heavy atom. The van der Waals surface area contributed by atoms with Gasteiger partial charge in [0.05, 0.1) is 6.54 Å². The molecule has 2 rings (SSSR count). The Hall–Kier alpha value is -1.36. The van der Waals surface area contributed by atoms with Gasteiger partial charge in [-0.25, -0.2) is 0 Å². The van der Waals surface area contributed by atoms with E-state index in [1.165, 1.54) is 4.88 Å². The second kappa shape index (κ2) is 4.88. The number of thiophene rings is 1. The number of carbonyl (C=O) groups is 2. The minimum atomic E-state index is -0.836. The van der Waals surface area contributed by atoms with Crippen LogP contribution in [0.15, 0.2) is 12.1 Å². The third-order valence-electron chi connectivity index (χ3n) is 3.82. The first kappa shape index (κ1) is 15.0. The SMILES string of the molecule is CCc1ccc(CN2C(=O)C(C)(C)NC(=O)C2(C)C)s1. The Bertz CT molecular complexity index is 546. The monoisotopic (exact) mass is 294 g/mol. The standard InChI is InChI=1S/C15H22N2O2S/c1-6-10-7-8-11(20-10)9-17-13(19)14(2,3)16-12(18)15(17,4)5/h7-8H,6,9H2,1-5H3,(H,16,18). The second-order valence-electron chi connectivity index (χ2n) is 6.25. The van der Waals surface area contributed by atoms with Crippen molar-refractivity contribution in [1.29, 1.82) is 0 Å². The molecule has 2 heterocycles. The summed E-state index contributed by atoms with van der Waals surface area (Å²) in [5, 5.41) is 2.80. The van der Waals surface area contributed by atoms with E-state index < -0.39 is 11.1 Å². The summed E-state index contributed by atoms with van der Waals surface area (Å²) in [5.74, 6) is -0.136. The van der Waals surface area contributed by atoms with Gasteiger partial charge in [0, 0.05) is 9.75 Å². The van der Waals surface area contributed by atoms with Crippen LogP contribution in [0, 0.1) is 0 Å². The number of carbonyl (C=O) groups excluding carboxylic acids is 2. The van der Waals surface area contributed by atoms with E-state index in [0.29, 0.717) is 6.54 Å². The van der Waals surface area contributed by atoms with Crippen LogP contribution in [0.3, 0.4) is 0 Å². The smallest absolute Gasteiger partial charge is 0.248 e. The van der Waals surface area contributed by atoms with Crippen LogP contribution in [0.4, 0.5) is 0 Å². The molecule has 1 aliphatic rings. The molecular weight excluding hydrogens is 272 g/mol. The topological polar surface area (TPSA) is 49.4 Å². The van der Waals surface area contributed by atoms with Gasteiger partial charge in [0.1, 0.15) is 11.1 Å². The molecule has 1 fully saturated rings. The molecule has 0 aromatic carbocycles. The summed E-state index contributed by atoms with van der Waals surface area (Å²) in [6, 6.07) is 4.14. The fourth-order valence-electron chi connectivity index (χ4n) is 2.33. The minimum Gasteiger partial charge on any atom is -0.340 e. The van der Waals surface area contributed by atoms with Crippen LogP contribution in [0.2, 0.25) is 0 Å². The molecule has 1 aromatic heterocycles. The van der Waals surface area contributed by atoms with Crippen molar-refractivity contribution >= 4 is 23.2 Å². The van der Waals surface area contributed by atoms with Gasteiger partial charge >= 0.3 is 0 Å². The molecular formula is C15H22N2O2S. The number of hydrogen-bond donors (Lipinski definition) is 1. The van der Waals surface area contributed by atoms with E-state index in [4.69, 9.17) is 0 Å². The molecule has 0 bridgehead atoms. The van der Waals surface area contributed by atoms with Crippen LogP contribution in [0.1, 0.15) is 44.4 Å². The maximum atomic E-state index is 12.6. The lowest BCUT2D eigenvalue weighted by Gasteiger charge is -2.47. The number of aryl methyl sites for hydroxylation is 1. The minimum absolute atomic E-state index is 0.0338. The first-order valence-corrected chi connectivity index (χ1v) is 7.72. The van der Waals surface area contributed by atoms with Crippen molar-refractivity contribution in [1.82, 2.24) is 10.2 Å². The van der Waals surface area contributed by atoms with Crippen molar-refractivity contribution in [2.24, 2.45) is 0 Å². The number of piperazine rings is 1. The zero-order chi connectivity index (χ0) is 15.1. The lowest BCUT2D eigenvalue weighted by atomic mass is 9.89. The van der Waals surface area contributed by atoms with Crippen LogP contribution in [0.25, 0.3) is 0 Å². The molecule has 5 heteroatoms. The van der Waals surface area contributed by atoms with E-state index in [0.717, 1.165) is 11.3 Å². The number of nitrogens with zero attached hydrogens (tertiary/aromatic N) is 1. The van der Waals surface area contributed by atoms with Crippen molar-refractivity contribution in [3.05, 3.63) is 21.9 Å². The van der Waals surface area contributed by atoms with Crippen LogP contribution in [-0.2, 0) is 22.6 Å². The number of nitrogens with one attached hydrogen (secondary N) is 1. The average molecular weight is 294 g/mol. The molecule has 1 aromatic rings. The van der Waals surface area contributed by atoms with Crippen molar-refractivity contribution in [2.75, 3.05) is 0 Å². The zero-order valence-electron chi connectivity index (χ0n) is 12.7. The van der Waals surface area contributed by atoms with Gasteiger partial charge < -0.3 is 10.2 Å². The Morgan fingerprint density at radius 1 is 1.15 bits per heavy atom. The molecule has 110 valence electrons. The maximum absolute atomic E-state index is 12.6. The Morgan fingerprint density at radius 2 is 1.75 bits per heavy atom. The molecule has 0 aliphatic carbocycles. The fraction of sp³-hybridized carbons (Fsp3) is 0.600. The average Bonchev–Trinajstić information content (AvgIpc) is 2.80. The van der Waals surface area contributed by atoms with Gasteiger partial charge in [0.15, 0.2) is 0 Å². The highest BCUT2D eigenvalue weighted by molar-refractivity contribution is 7.11. The second-order valence-corrected chi connectivity index (χ2v) is 7.50. The highest BCUT2D eigenvalue weighted by atomic mass is 32.1. The van der Waals surface area contributed by atoms with E-state index >= 15 is 0 Å². The van der Waals surface area contributed by atoms with Gasteiger partial charge in [-0.2, -0.15) is 0 Å². The van der Waals surface area contributed by atoms with Gasteiger partial charge in [-0.1, -0.05) is 6.92 Å². The normalized spacial score (nSPS) is 20.9. The third-order valence-corrected chi connectivity index (χ3v) is 5.03. The molecule has 20 heavy (non-hydrogen) atoms. The van der Waals surface area contributed by atoms with Crippen LogP contribution in [0.5, 0.6) is 0 Å². The van der Waals surface area contributed by atoms with Gasteiger partial charge in [-0.15, -0.1) is 11.3 Å².